The molecule has 0 bridgehead atoms. The minimum absolute atomic E-state index is 0.0607. The van der Waals surface area contributed by atoms with E-state index in [9.17, 15) is 18.4 Å². The van der Waals surface area contributed by atoms with E-state index in [-0.39, 0.29) is 35.9 Å². The maximum Gasteiger partial charge on any atom is 0.278 e. The van der Waals surface area contributed by atoms with Crippen molar-refractivity contribution < 1.29 is 27.8 Å². The number of alkyl halides is 2. The van der Waals surface area contributed by atoms with Gasteiger partial charge in [-0.15, -0.1) is 0 Å². The maximum atomic E-state index is 13.0. The van der Waals surface area contributed by atoms with Gasteiger partial charge in [-0.2, -0.15) is 0 Å². The molecule has 8 nitrogen and oxygen atoms in total. The summed E-state index contributed by atoms with van der Waals surface area (Å²) in [5, 5.41) is 5.41. The third-order valence-electron chi connectivity index (χ3n) is 4.00. The van der Waals surface area contributed by atoms with Crippen molar-refractivity contribution in [2.24, 2.45) is 5.92 Å². The van der Waals surface area contributed by atoms with Crippen LogP contribution in [0.4, 0.5) is 14.6 Å². The van der Waals surface area contributed by atoms with Gasteiger partial charge in [0.15, 0.2) is 12.4 Å². The Morgan fingerprint density at radius 2 is 1.94 bits per heavy atom. The summed E-state index contributed by atoms with van der Waals surface area (Å²) in [4.78, 5) is 32.7. The van der Waals surface area contributed by atoms with Crippen LogP contribution in [-0.2, 0) is 11.3 Å². The SMILES string of the molecule is COc1cc(CNC(=O)c2cc(C)nc(NC(=O)C(C)C)c2)cnc1OCC(C)(F)F. The Kier molecular flexibility index (Phi) is 7.84. The van der Waals surface area contributed by atoms with E-state index >= 15 is 0 Å². The molecule has 0 saturated heterocycles. The van der Waals surface area contributed by atoms with E-state index in [0.29, 0.717) is 22.6 Å². The van der Waals surface area contributed by atoms with Gasteiger partial charge in [0.25, 0.3) is 17.7 Å². The molecule has 168 valence electrons. The van der Waals surface area contributed by atoms with Gasteiger partial charge < -0.3 is 20.1 Å². The van der Waals surface area contributed by atoms with Crippen LogP contribution in [0, 0.1) is 12.8 Å². The van der Waals surface area contributed by atoms with Crippen LogP contribution < -0.4 is 20.1 Å². The van der Waals surface area contributed by atoms with Crippen LogP contribution in [0.15, 0.2) is 24.4 Å². The summed E-state index contributed by atoms with van der Waals surface area (Å²) in [6.07, 6.45) is 1.40. The fourth-order valence-electron chi connectivity index (χ4n) is 2.44. The molecule has 2 rings (SSSR count). The molecule has 2 amide bonds. The molecular weight excluding hydrogens is 410 g/mol. The van der Waals surface area contributed by atoms with Crippen molar-refractivity contribution in [1.29, 1.82) is 0 Å². The van der Waals surface area contributed by atoms with Crippen molar-refractivity contribution >= 4 is 17.6 Å². The van der Waals surface area contributed by atoms with Crippen LogP contribution in [0.3, 0.4) is 0 Å². The zero-order valence-electron chi connectivity index (χ0n) is 18.1. The number of rotatable bonds is 9. The fraction of sp³-hybridized carbons (Fsp3) is 0.429. The second kappa shape index (κ2) is 10.1. The second-order valence-electron chi connectivity index (χ2n) is 7.42. The number of nitrogens with zero attached hydrogens (tertiary/aromatic N) is 2. The molecule has 0 unspecified atom stereocenters. The lowest BCUT2D eigenvalue weighted by atomic mass is 10.2. The summed E-state index contributed by atoms with van der Waals surface area (Å²) < 4.78 is 36.1. The van der Waals surface area contributed by atoms with Crippen LogP contribution >= 0.6 is 0 Å². The molecule has 2 aromatic rings. The molecule has 0 radical (unpaired) electrons. The number of halogens is 2. The van der Waals surface area contributed by atoms with E-state index < -0.39 is 12.5 Å². The van der Waals surface area contributed by atoms with Gasteiger partial charge in [0.2, 0.25) is 5.91 Å². The van der Waals surface area contributed by atoms with Crippen molar-refractivity contribution in [3.8, 4) is 11.6 Å². The number of aromatic nitrogens is 2. The topological polar surface area (TPSA) is 102 Å². The monoisotopic (exact) mass is 436 g/mol. The number of aryl methyl sites for hydroxylation is 1. The van der Waals surface area contributed by atoms with Gasteiger partial charge in [0.1, 0.15) is 5.82 Å². The first-order chi connectivity index (χ1) is 14.5. The number of methoxy groups -OCH3 is 1. The summed E-state index contributed by atoms with van der Waals surface area (Å²) in [6.45, 7) is 5.25. The van der Waals surface area contributed by atoms with E-state index in [1.54, 1.807) is 32.9 Å². The molecule has 0 aromatic carbocycles. The highest BCUT2D eigenvalue weighted by molar-refractivity contribution is 5.97. The number of pyridine rings is 2. The molecule has 0 aliphatic heterocycles. The Bertz CT molecular complexity index is 945. The number of nitrogens with one attached hydrogen (secondary N) is 2. The number of hydrogen-bond donors (Lipinski definition) is 2. The minimum atomic E-state index is -3.00. The van der Waals surface area contributed by atoms with E-state index in [1.807, 2.05) is 0 Å². The lowest BCUT2D eigenvalue weighted by Gasteiger charge is -2.14. The van der Waals surface area contributed by atoms with Crippen molar-refractivity contribution in [2.75, 3.05) is 19.0 Å². The van der Waals surface area contributed by atoms with Gasteiger partial charge in [-0.25, -0.2) is 18.7 Å². The smallest absolute Gasteiger partial charge is 0.278 e. The van der Waals surface area contributed by atoms with E-state index in [4.69, 9.17) is 9.47 Å². The largest absolute Gasteiger partial charge is 0.491 e. The highest BCUT2D eigenvalue weighted by atomic mass is 19.3. The second-order valence-corrected chi connectivity index (χ2v) is 7.42. The molecule has 2 N–H and O–H groups in total. The van der Waals surface area contributed by atoms with Crippen LogP contribution in [0.1, 0.15) is 42.4 Å². The van der Waals surface area contributed by atoms with Crippen LogP contribution in [-0.4, -0.2) is 41.4 Å². The molecule has 0 atom stereocenters. The van der Waals surface area contributed by atoms with Gasteiger partial charge in [-0.05, 0) is 30.7 Å². The zero-order chi connectivity index (χ0) is 23.2. The third-order valence-corrected chi connectivity index (χ3v) is 4.00. The molecule has 0 fully saturated rings. The molecule has 0 aliphatic carbocycles. The van der Waals surface area contributed by atoms with Gasteiger partial charge in [0, 0.05) is 36.8 Å². The number of hydrogen-bond acceptors (Lipinski definition) is 6. The van der Waals surface area contributed by atoms with Crippen LogP contribution in [0.25, 0.3) is 0 Å². The molecule has 2 aromatic heterocycles. The normalized spacial score (nSPS) is 11.2. The number of ether oxygens (including phenoxy) is 2. The number of carbonyl (C=O) groups excluding carboxylic acids is 2. The number of anilines is 1. The molecule has 31 heavy (non-hydrogen) atoms. The molecule has 2 heterocycles. The number of carbonyl (C=O) groups is 2. The molecule has 0 saturated carbocycles. The Morgan fingerprint density at radius 1 is 1.23 bits per heavy atom. The Labute approximate surface area is 179 Å². The van der Waals surface area contributed by atoms with E-state index in [0.717, 1.165) is 6.92 Å². The first-order valence-electron chi connectivity index (χ1n) is 9.60. The summed E-state index contributed by atoms with van der Waals surface area (Å²) in [5.74, 6) is -3.40. The average molecular weight is 436 g/mol. The molecule has 0 aliphatic rings. The van der Waals surface area contributed by atoms with Gasteiger partial charge in [-0.3, -0.25) is 9.59 Å². The van der Waals surface area contributed by atoms with Gasteiger partial charge >= 0.3 is 0 Å². The molecular formula is C21H26F2N4O4. The Hall–Kier alpha value is -3.30. The summed E-state index contributed by atoms with van der Waals surface area (Å²) in [5.41, 5.74) is 1.49. The lowest BCUT2D eigenvalue weighted by molar-refractivity contribution is -0.118. The summed E-state index contributed by atoms with van der Waals surface area (Å²) >= 11 is 0. The Morgan fingerprint density at radius 3 is 2.55 bits per heavy atom. The zero-order valence-corrected chi connectivity index (χ0v) is 18.1. The summed E-state index contributed by atoms with van der Waals surface area (Å²) in [7, 11) is 1.36. The van der Waals surface area contributed by atoms with Gasteiger partial charge in [0.05, 0.1) is 7.11 Å². The van der Waals surface area contributed by atoms with Crippen molar-refractivity contribution in [1.82, 2.24) is 15.3 Å². The maximum absolute atomic E-state index is 13.0. The van der Waals surface area contributed by atoms with Crippen molar-refractivity contribution in [3.05, 3.63) is 41.2 Å². The standard InChI is InChI=1S/C21H26F2N4O4/c1-12(2)18(28)27-17-8-15(6-13(3)26-17)19(29)24-9-14-7-16(30-5)20(25-10-14)31-11-21(4,22)23/h6-8,10,12H,9,11H2,1-5H3,(H,24,29)(H,26,27,28). The third kappa shape index (κ3) is 7.47. The van der Waals surface area contributed by atoms with E-state index in [1.165, 1.54) is 19.4 Å². The lowest BCUT2D eigenvalue weighted by Crippen LogP contribution is -2.24. The van der Waals surface area contributed by atoms with Gasteiger partial charge in [-0.1, -0.05) is 13.8 Å². The minimum Gasteiger partial charge on any atom is -0.491 e. The first kappa shape index (κ1) is 24.0. The molecule has 10 heteroatoms. The molecule has 0 spiro atoms. The predicted molar refractivity (Wildman–Crippen MR) is 111 cm³/mol. The van der Waals surface area contributed by atoms with Crippen LogP contribution in [0.5, 0.6) is 11.6 Å². The van der Waals surface area contributed by atoms with Crippen molar-refractivity contribution in [3.63, 3.8) is 0 Å². The first-order valence-corrected chi connectivity index (χ1v) is 9.60. The summed E-state index contributed by atoms with van der Waals surface area (Å²) in [6, 6.07) is 4.63. The predicted octanol–water partition coefficient (Wildman–Crippen LogP) is 3.35. The van der Waals surface area contributed by atoms with Crippen molar-refractivity contribution in [2.45, 2.75) is 40.2 Å². The Balaban J connectivity index is 2.06. The average Bonchev–Trinajstić information content (AvgIpc) is 2.69. The highest BCUT2D eigenvalue weighted by Gasteiger charge is 2.23. The van der Waals surface area contributed by atoms with E-state index in [2.05, 4.69) is 20.6 Å². The quantitative estimate of drug-likeness (QED) is 0.625. The highest BCUT2D eigenvalue weighted by Crippen LogP contribution is 2.26. The fourth-order valence-corrected chi connectivity index (χ4v) is 2.44. The number of amides is 2. The van der Waals surface area contributed by atoms with Crippen LogP contribution in [0.2, 0.25) is 0 Å².